The zero-order valence-electron chi connectivity index (χ0n) is 19.2. The van der Waals surface area contributed by atoms with Gasteiger partial charge in [0.05, 0.1) is 35.1 Å². The van der Waals surface area contributed by atoms with Crippen molar-refractivity contribution in [1.29, 1.82) is 0 Å². The van der Waals surface area contributed by atoms with Gasteiger partial charge in [-0.2, -0.15) is 5.10 Å². The lowest BCUT2D eigenvalue weighted by molar-refractivity contribution is 0.477. The average molecular weight is 458 g/mol. The second-order valence-electron chi connectivity index (χ2n) is 8.78. The molecular formula is C29H23N5O. The van der Waals surface area contributed by atoms with Gasteiger partial charge in [-0.15, -0.1) is 0 Å². The highest BCUT2D eigenvalue weighted by atomic mass is 16.5. The van der Waals surface area contributed by atoms with Crippen LogP contribution in [0.3, 0.4) is 0 Å². The number of benzene rings is 4. The lowest BCUT2D eigenvalue weighted by Gasteiger charge is -2.33. The first kappa shape index (κ1) is 19.7. The Morgan fingerprint density at radius 3 is 2.29 bits per heavy atom. The first-order chi connectivity index (χ1) is 17.3. The summed E-state index contributed by atoms with van der Waals surface area (Å²) in [6, 6.07) is 33.5. The predicted molar refractivity (Wildman–Crippen MR) is 140 cm³/mol. The van der Waals surface area contributed by atoms with Crippen molar-refractivity contribution in [2.24, 2.45) is 0 Å². The molecule has 0 atom stereocenters. The van der Waals surface area contributed by atoms with E-state index in [1.807, 2.05) is 47.3 Å². The van der Waals surface area contributed by atoms with Crippen molar-refractivity contribution in [2.45, 2.75) is 0 Å². The van der Waals surface area contributed by atoms with Crippen molar-refractivity contribution in [3.8, 4) is 17.2 Å². The first-order valence-electron chi connectivity index (χ1n) is 11.7. The summed E-state index contributed by atoms with van der Waals surface area (Å²) < 4.78 is 8.17. The van der Waals surface area contributed by atoms with E-state index in [-0.39, 0.29) is 0 Å². The fourth-order valence-electron chi connectivity index (χ4n) is 4.99. The second kappa shape index (κ2) is 7.67. The molecule has 0 spiro atoms. The van der Waals surface area contributed by atoms with Crippen molar-refractivity contribution in [3.05, 3.63) is 109 Å². The normalized spacial score (nSPS) is 13.8. The van der Waals surface area contributed by atoms with E-state index < -0.39 is 0 Å². The minimum atomic E-state index is 0.808. The van der Waals surface area contributed by atoms with E-state index in [4.69, 9.17) is 4.74 Å². The van der Waals surface area contributed by atoms with Crippen molar-refractivity contribution in [3.63, 3.8) is 0 Å². The molecule has 7 rings (SSSR count). The van der Waals surface area contributed by atoms with Crippen molar-refractivity contribution in [1.82, 2.24) is 9.78 Å². The molecule has 6 nitrogen and oxygen atoms in total. The number of anilines is 6. The Labute approximate surface area is 203 Å². The van der Waals surface area contributed by atoms with Crippen LogP contribution in [0.15, 0.2) is 109 Å². The molecule has 2 aliphatic heterocycles. The molecule has 35 heavy (non-hydrogen) atoms. The maximum Gasteiger partial charge on any atom is 0.151 e. The monoisotopic (exact) mass is 457 g/mol. The van der Waals surface area contributed by atoms with E-state index in [1.165, 1.54) is 11.4 Å². The van der Waals surface area contributed by atoms with Crippen LogP contribution in [-0.2, 0) is 0 Å². The summed E-state index contributed by atoms with van der Waals surface area (Å²) in [7, 11) is 2.13. The minimum Gasteiger partial charge on any atom is -0.453 e. The summed E-state index contributed by atoms with van der Waals surface area (Å²) in [5, 5.41) is 4.42. The van der Waals surface area contributed by atoms with Gasteiger partial charge >= 0.3 is 0 Å². The smallest absolute Gasteiger partial charge is 0.151 e. The van der Waals surface area contributed by atoms with E-state index in [2.05, 4.69) is 87.5 Å². The number of fused-ring (bicyclic) bond motifs is 3. The van der Waals surface area contributed by atoms with E-state index in [0.29, 0.717) is 0 Å². The Morgan fingerprint density at radius 1 is 0.657 bits per heavy atom. The van der Waals surface area contributed by atoms with Gasteiger partial charge in [0.2, 0.25) is 0 Å². The molecule has 4 aromatic carbocycles. The fourth-order valence-corrected chi connectivity index (χ4v) is 4.99. The topological polar surface area (TPSA) is 36.8 Å². The van der Waals surface area contributed by atoms with Crippen LogP contribution in [0.4, 0.5) is 34.1 Å². The summed E-state index contributed by atoms with van der Waals surface area (Å²) in [5.41, 5.74) is 7.64. The lowest BCUT2D eigenvalue weighted by atomic mass is 10.1. The van der Waals surface area contributed by atoms with E-state index in [9.17, 15) is 0 Å². The molecule has 5 aromatic rings. The van der Waals surface area contributed by atoms with Crippen LogP contribution in [0.1, 0.15) is 0 Å². The molecule has 6 heteroatoms. The number of aromatic nitrogens is 2. The quantitative estimate of drug-likeness (QED) is 0.286. The Morgan fingerprint density at radius 2 is 1.43 bits per heavy atom. The standard InChI is InChI=1S/C29H23N5O/c1-31-20-32(25-11-3-2-10-24(25)31)21-8-6-9-23(18-21)34-26-12-4-5-13-28(26)35-29-15-14-22(19-27(29)34)33-17-7-16-30-33/h2-19H,20H2,1H3. The zero-order chi connectivity index (χ0) is 23.4. The van der Waals surface area contributed by atoms with Crippen LogP contribution < -0.4 is 19.4 Å². The molecule has 170 valence electrons. The van der Waals surface area contributed by atoms with Crippen LogP contribution in [0.25, 0.3) is 5.69 Å². The number of para-hydroxylation sites is 4. The molecule has 2 aliphatic rings. The van der Waals surface area contributed by atoms with Gasteiger partial charge in [0.15, 0.2) is 11.5 Å². The van der Waals surface area contributed by atoms with Crippen LogP contribution in [0, 0.1) is 0 Å². The molecule has 0 bridgehead atoms. The van der Waals surface area contributed by atoms with E-state index in [1.54, 1.807) is 6.20 Å². The number of ether oxygens (including phenoxy) is 1. The molecule has 0 saturated heterocycles. The molecule has 0 saturated carbocycles. The van der Waals surface area contributed by atoms with Crippen molar-refractivity contribution >= 4 is 34.1 Å². The highest BCUT2D eigenvalue weighted by Crippen LogP contribution is 2.51. The molecule has 0 aliphatic carbocycles. The van der Waals surface area contributed by atoms with Gasteiger partial charge in [-0.25, -0.2) is 4.68 Å². The third-order valence-electron chi connectivity index (χ3n) is 6.62. The SMILES string of the molecule is CN1CN(c2cccc(N3c4ccccc4Oc4ccc(-n5cccn5)cc43)c2)c2ccccc21. The maximum absolute atomic E-state index is 6.30. The molecule has 1 aromatic heterocycles. The van der Waals surface area contributed by atoms with Gasteiger partial charge in [-0.1, -0.05) is 30.3 Å². The Hall–Kier alpha value is -4.71. The summed E-state index contributed by atoms with van der Waals surface area (Å²) >= 11 is 0. The average Bonchev–Trinajstić information content (AvgIpc) is 3.56. The highest BCUT2D eigenvalue weighted by Gasteiger charge is 2.28. The summed E-state index contributed by atoms with van der Waals surface area (Å²) in [5.74, 6) is 1.65. The van der Waals surface area contributed by atoms with Gasteiger partial charge in [-0.05, 0) is 66.7 Å². The predicted octanol–water partition coefficient (Wildman–Crippen LogP) is 6.99. The molecule has 0 N–H and O–H groups in total. The maximum atomic E-state index is 6.30. The van der Waals surface area contributed by atoms with Gasteiger partial charge in [0.25, 0.3) is 0 Å². The van der Waals surface area contributed by atoms with Crippen LogP contribution in [0.5, 0.6) is 11.5 Å². The van der Waals surface area contributed by atoms with E-state index >= 15 is 0 Å². The zero-order valence-corrected chi connectivity index (χ0v) is 19.2. The Kier molecular flexibility index (Phi) is 4.32. The number of rotatable bonds is 3. The first-order valence-corrected chi connectivity index (χ1v) is 11.7. The van der Waals surface area contributed by atoms with Crippen molar-refractivity contribution < 1.29 is 4.74 Å². The molecule has 0 fully saturated rings. The van der Waals surface area contributed by atoms with Crippen molar-refractivity contribution in [2.75, 3.05) is 28.4 Å². The number of hydrogen-bond donors (Lipinski definition) is 0. The Balaban J connectivity index is 1.37. The third kappa shape index (κ3) is 3.14. The molecule has 0 unspecified atom stereocenters. The van der Waals surface area contributed by atoms with Gasteiger partial charge < -0.3 is 19.4 Å². The third-order valence-corrected chi connectivity index (χ3v) is 6.62. The minimum absolute atomic E-state index is 0.808. The van der Waals surface area contributed by atoms with Gasteiger partial charge in [0.1, 0.15) is 0 Å². The summed E-state index contributed by atoms with van der Waals surface area (Å²) in [4.78, 5) is 6.90. The van der Waals surface area contributed by atoms with Gasteiger partial charge in [0, 0.05) is 30.8 Å². The van der Waals surface area contributed by atoms with Crippen LogP contribution in [-0.4, -0.2) is 23.5 Å². The second-order valence-corrected chi connectivity index (χ2v) is 8.78. The fraction of sp³-hybridized carbons (Fsp3) is 0.0690. The molecule has 0 radical (unpaired) electrons. The largest absolute Gasteiger partial charge is 0.453 e. The van der Waals surface area contributed by atoms with Crippen LogP contribution >= 0.6 is 0 Å². The Bertz CT molecular complexity index is 1540. The summed E-state index contributed by atoms with van der Waals surface area (Å²) in [6.07, 6.45) is 3.74. The molecule has 3 heterocycles. The molecule has 0 amide bonds. The summed E-state index contributed by atoms with van der Waals surface area (Å²) in [6.45, 7) is 0.808. The number of hydrogen-bond acceptors (Lipinski definition) is 5. The lowest BCUT2D eigenvalue weighted by Crippen LogP contribution is -2.24. The van der Waals surface area contributed by atoms with Crippen LogP contribution in [0.2, 0.25) is 0 Å². The van der Waals surface area contributed by atoms with Gasteiger partial charge in [-0.3, -0.25) is 0 Å². The highest BCUT2D eigenvalue weighted by molar-refractivity contribution is 5.89. The molecular weight excluding hydrogens is 434 g/mol. The number of nitrogens with zero attached hydrogens (tertiary/aromatic N) is 5. The van der Waals surface area contributed by atoms with E-state index in [0.717, 1.165) is 46.6 Å².